The van der Waals surface area contributed by atoms with Crippen LogP contribution in [0.1, 0.15) is 24.0 Å². The van der Waals surface area contributed by atoms with E-state index in [0.29, 0.717) is 28.6 Å². The molecule has 8 heteroatoms. The molecule has 1 aliphatic heterocycles. The first-order chi connectivity index (χ1) is 18.9. The number of benzene rings is 4. The minimum absolute atomic E-state index is 0.0409. The Morgan fingerprint density at radius 2 is 1.64 bits per heavy atom. The summed E-state index contributed by atoms with van der Waals surface area (Å²) in [5.41, 5.74) is 7.84. The lowest BCUT2D eigenvalue weighted by molar-refractivity contribution is -0.141. The smallest absolute Gasteiger partial charge is 0.352 e. The van der Waals surface area contributed by atoms with Gasteiger partial charge in [0, 0.05) is 11.6 Å². The van der Waals surface area contributed by atoms with Crippen molar-refractivity contribution in [2.75, 3.05) is 0 Å². The van der Waals surface area contributed by atoms with Gasteiger partial charge in [-0.3, -0.25) is 0 Å². The fourth-order valence-electron chi connectivity index (χ4n) is 4.19. The maximum Gasteiger partial charge on any atom is 0.352 e. The zero-order chi connectivity index (χ0) is 27.4. The summed E-state index contributed by atoms with van der Waals surface area (Å²) in [6.07, 6.45) is -0.956. The number of nitriles is 1. The fraction of sp³-hybridized carbons (Fsp3) is 0.0968. The number of para-hydroxylation sites is 1. The SMILES string of the molecule is CC(Oc1ccc(F)cc1)C(=O)Oc1ccc2c(c1)OC(N)=C(C#N)C2c1cccc(Oc2ccccc2)c1. The molecule has 4 aromatic rings. The van der Waals surface area contributed by atoms with Crippen molar-refractivity contribution in [3.8, 4) is 34.8 Å². The molecule has 2 unspecified atom stereocenters. The van der Waals surface area contributed by atoms with E-state index >= 15 is 0 Å². The van der Waals surface area contributed by atoms with Gasteiger partial charge in [0.1, 0.15) is 46.2 Å². The highest BCUT2D eigenvalue weighted by Crippen LogP contribution is 2.44. The standard InChI is InChI=1S/C31H23FN2O5/c1-19(36-23-12-10-21(32)11-13-23)31(35)38-25-14-15-26-28(17-25)39-30(34)27(18-33)29(26)20-6-5-9-24(16-20)37-22-7-3-2-4-8-22/h2-17,19,29H,34H2,1H3. The predicted octanol–water partition coefficient (Wildman–Crippen LogP) is 6.21. The summed E-state index contributed by atoms with van der Waals surface area (Å²) in [4.78, 5) is 12.6. The topological polar surface area (TPSA) is 104 Å². The largest absolute Gasteiger partial charge is 0.479 e. The quantitative estimate of drug-likeness (QED) is 0.227. The summed E-state index contributed by atoms with van der Waals surface area (Å²) in [7, 11) is 0. The number of nitrogens with two attached hydrogens (primary N) is 1. The minimum Gasteiger partial charge on any atom is -0.479 e. The molecule has 0 saturated heterocycles. The molecule has 0 aliphatic carbocycles. The molecule has 1 aliphatic rings. The van der Waals surface area contributed by atoms with Crippen LogP contribution in [0.5, 0.6) is 28.7 Å². The lowest BCUT2D eigenvalue weighted by Gasteiger charge is -2.27. The molecule has 4 aromatic carbocycles. The average Bonchev–Trinajstić information content (AvgIpc) is 2.94. The number of fused-ring (bicyclic) bond motifs is 1. The van der Waals surface area contributed by atoms with Gasteiger partial charge >= 0.3 is 5.97 Å². The number of ether oxygens (including phenoxy) is 4. The number of esters is 1. The third-order valence-electron chi connectivity index (χ3n) is 6.04. The molecule has 2 atom stereocenters. The molecular weight excluding hydrogens is 499 g/mol. The van der Waals surface area contributed by atoms with Crippen LogP contribution < -0.4 is 24.7 Å². The second-order valence-electron chi connectivity index (χ2n) is 8.75. The van der Waals surface area contributed by atoms with E-state index in [-0.39, 0.29) is 17.2 Å². The van der Waals surface area contributed by atoms with Crippen molar-refractivity contribution in [2.24, 2.45) is 5.73 Å². The van der Waals surface area contributed by atoms with Crippen LogP contribution in [0, 0.1) is 17.1 Å². The van der Waals surface area contributed by atoms with Crippen LogP contribution in [0.4, 0.5) is 4.39 Å². The van der Waals surface area contributed by atoms with Crippen molar-refractivity contribution in [1.82, 2.24) is 0 Å². The summed E-state index contributed by atoms with van der Waals surface area (Å²) in [5.74, 6) is 0.545. The van der Waals surface area contributed by atoms with Crippen LogP contribution in [-0.2, 0) is 4.79 Å². The number of carbonyl (C=O) groups excluding carboxylic acids is 1. The molecule has 0 spiro atoms. The number of carbonyl (C=O) groups is 1. The van der Waals surface area contributed by atoms with Crippen molar-refractivity contribution in [3.63, 3.8) is 0 Å². The van der Waals surface area contributed by atoms with Gasteiger partial charge in [-0.1, -0.05) is 36.4 Å². The molecule has 194 valence electrons. The third kappa shape index (κ3) is 5.68. The van der Waals surface area contributed by atoms with Crippen LogP contribution >= 0.6 is 0 Å². The minimum atomic E-state index is -0.956. The van der Waals surface area contributed by atoms with Crippen LogP contribution in [0.15, 0.2) is 109 Å². The maximum atomic E-state index is 13.1. The molecule has 5 rings (SSSR count). The van der Waals surface area contributed by atoms with Gasteiger partial charge in [-0.05, 0) is 67.1 Å². The van der Waals surface area contributed by atoms with Gasteiger partial charge in [-0.2, -0.15) is 5.26 Å². The van der Waals surface area contributed by atoms with Gasteiger partial charge in [0.25, 0.3) is 0 Å². The number of rotatable bonds is 7. The zero-order valence-corrected chi connectivity index (χ0v) is 20.8. The van der Waals surface area contributed by atoms with E-state index in [9.17, 15) is 14.4 Å². The summed E-state index contributed by atoms with van der Waals surface area (Å²) in [6.45, 7) is 1.53. The Labute approximate surface area is 224 Å². The highest BCUT2D eigenvalue weighted by molar-refractivity contribution is 5.77. The molecule has 0 amide bonds. The average molecular weight is 523 g/mol. The first-order valence-electron chi connectivity index (χ1n) is 12.1. The Balaban J connectivity index is 1.38. The molecule has 2 N–H and O–H groups in total. The van der Waals surface area contributed by atoms with E-state index in [0.717, 1.165) is 5.56 Å². The van der Waals surface area contributed by atoms with Crippen molar-refractivity contribution in [2.45, 2.75) is 18.9 Å². The number of hydrogen-bond acceptors (Lipinski definition) is 7. The molecule has 0 aromatic heterocycles. The molecule has 7 nitrogen and oxygen atoms in total. The van der Waals surface area contributed by atoms with Crippen LogP contribution in [-0.4, -0.2) is 12.1 Å². The first-order valence-corrected chi connectivity index (χ1v) is 12.1. The van der Waals surface area contributed by atoms with Gasteiger partial charge in [0.05, 0.1) is 5.92 Å². The lowest BCUT2D eigenvalue weighted by Crippen LogP contribution is -2.28. The maximum absolute atomic E-state index is 13.1. The normalized spacial score (nSPS) is 14.8. The van der Waals surface area contributed by atoms with Gasteiger partial charge in [0.2, 0.25) is 5.88 Å². The van der Waals surface area contributed by atoms with Gasteiger partial charge in [-0.25, -0.2) is 9.18 Å². The highest BCUT2D eigenvalue weighted by Gasteiger charge is 2.31. The van der Waals surface area contributed by atoms with Crippen LogP contribution in [0.3, 0.4) is 0 Å². The Hall–Kier alpha value is -5.29. The third-order valence-corrected chi connectivity index (χ3v) is 6.04. The van der Waals surface area contributed by atoms with Crippen LogP contribution in [0.25, 0.3) is 0 Å². The molecule has 0 bridgehead atoms. The van der Waals surface area contributed by atoms with Crippen molar-refractivity contribution < 1.29 is 28.1 Å². The zero-order valence-electron chi connectivity index (χ0n) is 20.8. The second kappa shape index (κ2) is 11.0. The number of allylic oxidation sites excluding steroid dienone is 1. The van der Waals surface area contributed by atoms with E-state index in [1.54, 1.807) is 12.1 Å². The molecule has 0 fully saturated rings. The van der Waals surface area contributed by atoms with E-state index in [4.69, 9.17) is 24.7 Å². The Kier molecular flexibility index (Phi) is 7.15. The Morgan fingerprint density at radius 1 is 0.923 bits per heavy atom. The van der Waals surface area contributed by atoms with E-state index in [1.807, 2.05) is 54.6 Å². The highest BCUT2D eigenvalue weighted by atomic mass is 19.1. The second-order valence-corrected chi connectivity index (χ2v) is 8.75. The lowest BCUT2D eigenvalue weighted by atomic mass is 9.83. The van der Waals surface area contributed by atoms with E-state index in [1.165, 1.54) is 37.3 Å². The predicted molar refractivity (Wildman–Crippen MR) is 141 cm³/mol. The number of hydrogen-bond donors (Lipinski definition) is 1. The van der Waals surface area contributed by atoms with Crippen molar-refractivity contribution in [3.05, 3.63) is 125 Å². The molecule has 1 heterocycles. The summed E-state index contributed by atoms with van der Waals surface area (Å²) in [6, 6.07) is 29.1. The van der Waals surface area contributed by atoms with Crippen LogP contribution in [0.2, 0.25) is 0 Å². The van der Waals surface area contributed by atoms with Crippen molar-refractivity contribution in [1.29, 1.82) is 5.26 Å². The molecular formula is C31H23FN2O5. The van der Waals surface area contributed by atoms with Gasteiger partial charge < -0.3 is 24.7 Å². The van der Waals surface area contributed by atoms with Crippen molar-refractivity contribution >= 4 is 5.97 Å². The fourth-order valence-corrected chi connectivity index (χ4v) is 4.19. The molecule has 0 radical (unpaired) electrons. The summed E-state index contributed by atoms with van der Waals surface area (Å²) >= 11 is 0. The Morgan fingerprint density at radius 3 is 2.38 bits per heavy atom. The van der Waals surface area contributed by atoms with Gasteiger partial charge in [-0.15, -0.1) is 0 Å². The number of halogens is 1. The van der Waals surface area contributed by atoms with E-state index in [2.05, 4.69) is 6.07 Å². The Bertz CT molecular complexity index is 1580. The summed E-state index contributed by atoms with van der Waals surface area (Å²) < 4.78 is 35.9. The van der Waals surface area contributed by atoms with Gasteiger partial charge in [0.15, 0.2) is 6.10 Å². The summed E-state index contributed by atoms with van der Waals surface area (Å²) in [5, 5.41) is 9.89. The monoisotopic (exact) mass is 522 g/mol. The molecule has 0 saturated carbocycles. The first kappa shape index (κ1) is 25.4. The number of nitrogens with zero attached hydrogens (tertiary/aromatic N) is 1. The molecule has 39 heavy (non-hydrogen) atoms. The van der Waals surface area contributed by atoms with E-state index < -0.39 is 23.8 Å².